The van der Waals surface area contributed by atoms with E-state index in [4.69, 9.17) is 16.3 Å². The van der Waals surface area contributed by atoms with Crippen molar-refractivity contribution in [2.45, 2.75) is 6.61 Å². The molecule has 0 spiro atoms. The summed E-state index contributed by atoms with van der Waals surface area (Å²) < 4.78 is 5.66. The first-order valence-corrected chi connectivity index (χ1v) is 8.93. The number of carbonyl (C=O) groups is 1. The summed E-state index contributed by atoms with van der Waals surface area (Å²) in [6.45, 7) is 0.380. The lowest BCUT2D eigenvalue weighted by Crippen LogP contribution is -2.13. The number of carbonyl (C=O) groups excluding carboxylic acids is 1. The predicted molar refractivity (Wildman–Crippen MR) is 110 cm³/mol. The van der Waals surface area contributed by atoms with Gasteiger partial charge in [-0.05, 0) is 29.8 Å². The molecule has 10 heteroatoms. The molecule has 9 nitrogen and oxygen atoms in total. The van der Waals surface area contributed by atoms with E-state index in [2.05, 4.69) is 5.32 Å². The Morgan fingerprint density at radius 1 is 0.933 bits per heavy atom. The summed E-state index contributed by atoms with van der Waals surface area (Å²) in [6.07, 6.45) is 0. The van der Waals surface area contributed by atoms with Crippen LogP contribution in [0.15, 0.2) is 66.7 Å². The molecule has 0 atom stereocenters. The first-order chi connectivity index (χ1) is 14.3. The van der Waals surface area contributed by atoms with Crippen LogP contribution in [0.2, 0.25) is 5.02 Å². The molecule has 1 N–H and O–H groups in total. The van der Waals surface area contributed by atoms with Gasteiger partial charge in [0.25, 0.3) is 17.3 Å². The molecule has 3 rings (SSSR count). The molecule has 3 aromatic rings. The van der Waals surface area contributed by atoms with Gasteiger partial charge < -0.3 is 10.1 Å². The highest BCUT2D eigenvalue weighted by Crippen LogP contribution is 2.35. The Kier molecular flexibility index (Phi) is 6.23. The van der Waals surface area contributed by atoms with E-state index in [0.29, 0.717) is 18.0 Å². The summed E-state index contributed by atoms with van der Waals surface area (Å²) in [5, 5.41) is 24.1. The van der Waals surface area contributed by atoms with Crippen LogP contribution in [0.1, 0.15) is 15.9 Å². The van der Waals surface area contributed by atoms with Crippen LogP contribution in [0.25, 0.3) is 0 Å². The van der Waals surface area contributed by atoms with E-state index in [9.17, 15) is 25.0 Å². The number of hydrogen-bond acceptors (Lipinski definition) is 6. The van der Waals surface area contributed by atoms with Crippen molar-refractivity contribution in [2.24, 2.45) is 0 Å². The summed E-state index contributed by atoms with van der Waals surface area (Å²) in [5.41, 5.74) is -0.323. The van der Waals surface area contributed by atoms with Gasteiger partial charge in [0.1, 0.15) is 12.4 Å². The third kappa shape index (κ3) is 4.89. The number of nitrogens with one attached hydrogen (secondary N) is 1. The minimum absolute atomic E-state index is 0.262. The lowest BCUT2D eigenvalue weighted by atomic mass is 10.1. The topological polar surface area (TPSA) is 125 Å². The van der Waals surface area contributed by atoms with Crippen molar-refractivity contribution in [1.82, 2.24) is 0 Å². The van der Waals surface area contributed by atoms with Gasteiger partial charge in [0.05, 0.1) is 15.4 Å². The Morgan fingerprint density at radius 2 is 1.50 bits per heavy atom. The summed E-state index contributed by atoms with van der Waals surface area (Å²) in [7, 11) is 0. The van der Waals surface area contributed by atoms with E-state index >= 15 is 0 Å². The lowest BCUT2D eigenvalue weighted by Gasteiger charge is -2.09. The van der Waals surface area contributed by atoms with E-state index in [-0.39, 0.29) is 5.56 Å². The normalized spacial score (nSPS) is 10.3. The fourth-order valence-electron chi connectivity index (χ4n) is 2.57. The molecular formula is C20H14ClN3O6. The molecule has 1 amide bonds. The summed E-state index contributed by atoms with van der Waals surface area (Å²) in [5.74, 6) is -0.176. The number of amides is 1. The van der Waals surface area contributed by atoms with Crippen molar-refractivity contribution >= 4 is 34.6 Å². The van der Waals surface area contributed by atoms with Crippen molar-refractivity contribution in [3.8, 4) is 5.75 Å². The molecule has 30 heavy (non-hydrogen) atoms. The minimum atomic E-state index is -0.884. The number of hydrogen-bond donors (Lipinski definition) is 1. The average Bonchev–Trinajstić information content (AvgIpc) is 2.73. The van der Waals surface area contributed by atoms with Gasteiger partial charge in [-0.3, -0.25) is 25.0 Å². The molecule has 0 fully saturated rings. The van der Waals surface area contributed by atoms with Gasteiger partial charge in [0.2, 0.25) is 0 Å². The molecule has 0 aliphatic heterocycles. The van der Waals surface area contributed by atoms with Gasteiger partial charge in [0, 0.05) is 17.8 Å². The van der Waals surface area contributed by atoms with Crippen molar-refractivity contribution in [3.05, 3.63) is 103 Å². The maximum atomic E-state index is 12.4. The second-order valence-electron chi connectivity index (χ2n) is 6.10. The van der Waals surface area contributed by atoms with Gasteiger partial charge in [-0.1, -0.05) is 41.9 Å². The molecule has 0 aliphatic carbocycles. The van der Waals surface area contributed by atoms with E-state index in [1.54, 1.807) is 24.3 Å². The number of halogens is 1. The molecule has 0 aliphatic rings. The molecular weight excluding hydrogens is 414 g/mol. The summed E-state index contributed by atoms with van der Waals surface area (Å²) in [4.78, 5) is 32.8. The zero-order valence-electron chi connectivity index (χ0n) is 15.3. The van der Waals surface area contributed by atoms with Gasteiger partial charge in [-0.2, -0.15) is 0 Å². The van der Waals surface area contributed by atoms with Crippen LogP contribution < -0.4 is 10.1 Å². The zero-order valence-corrected chi connectivity index (χ0v) is 16.0. The summed E-state index contributed by atoms with van der Waals surface area (Å²) >= 11 is 5.70. The molecule has 3 aromatic carbocycles. The van der Waals surface area contributed by atoms with Gasteiger partial charge >= 0.3 is 0 Å². The number of ether oxygens (including phenoxy) is 1. The largest absolute Gasteiger partial charge is 0.489 e. The first kappa shape index (κ1) is 20.7. The highest BCUT2D eigenvalue weighted by molar-refractivity contribution is 6.35. The van der Waals surface area contributed by atoms with Crippen LogP contribution in [0.5, 0.6) is 5.75 Å². The van der Waals surface area contributed by atoms with Crippen LogP contribution >= 0.6 is 11.6 Å². The van der Waals surface area contributed by atoms with Crippen molar-refractivity contribution in [3.63, 3.8) is 0 Å². The fraction of sp³-hybridized carbons (Fsp3) is 0.0500. The highest BCUT2D eigenvalue weighted by Gasteiger charge is 2.27. The Bertz CT molecular complexity index is 1070. The summed E-state index contributed by atoms with van der Waals surface area (Å²) in [6, 6.07) is 17.8. The molecule has 0 aromatic heterocycles. The quantitative estimate of drug-likeness (QED) is 0.418. The maximum Gasteiger partial charge on any atom is 0.295 e. The van der Waals surface area contributed by atoms with Gasteiger partial charge in [-0.25, -0.2) is 0 Å². The van der Waals surface area contributed by atoms with Crippen LogP contribution in [0.4, 0.5) is 17.1 Å². The smallest absolute Gasteiger partial charge is 0.295 e. The highest BCUT2D eigenvalue weighted by atomic mass is 35.5. The third-order valence-electron chi connectivity index (χ3n) is 4.05. The second-order valence-corrected chi connectivity index (χ2v) is 6.47. The van der Waals surface area contributed by atoms with Crippen LogP contribution in [0.3, 0.4) is 0 Å². The molecule has 152 valence electrons. The number of nitrogens with zero attached hydrogens (tertiary/aromatic N) is 2. The van der Waals surface area contributed by atoms with Crippen molar-refractivity contribution in [2.75, 3.05) is 5.32 Å². The lowest BCUT2D eigenvalue weighted by molar-refractivity contribution is -0.393. The molecule has 0 saturated heterocycles. The van der Waals surface area contributed by atoms with Crippen LogP contribution in [-0.4, -0.2) is 15.8 Å². The van der Waals surface area contributed by atoms with Crippen LogP contribution in [0, 0.1) is 20.2 Å². The van der Waals surface area contributed by atoms with Crippen LogP contribution in [-0.2, 0) is 6.61 Å². The monoisotopic (exact) mass is 427 g/mol. The van der Waals surface area contributed by atoms with E-state index in [0.717, 1.165) is 17.7 Å². The predicted octanol–water partition coefficient (Wildman–Crippen LogP) is 4.99. The number of rotatable bonds is 7. The standard InChI is InChI=1S/C20H14ClN3O6/c21-19-17(23(26)27)10-14(11-18(19)24(28)29)20(25)22-15-6-8-16(9-7-15)30-12-13-4-2-1-3-5-13/h1-11H,12H2,(H,22,25). The van der Waals surface area contributed by atoms with E-state index < -0.39 is 32.2 Å². The Balaban J connectivity index is 1.73. The average molecular weight is 428 g/mol. The minimum Gasteiger partial charge on any atom is -0.489 e. The van der Waals surface area contributed by atoms with E-state index in [1.807, 2.05) is 30.3 Å². The number of nitro benzene ring substituents is 2. The Morgan fingerprint density at radius 3 is 2.03 bits per heavy atom. The van der Waals surface area contributed by atoms with Gasteiger partial charge in [0.15, 0.2) is 5.02 Å². The molecule has 0 bridgehead atoms. The molecule has 0 heterocycles. The third-order valence-corrected chi connectivity index (χ3v) is 4.44. The first-order valence-electron chi connectivity index (χ1n) is 8.55. The zero-order chi connectivity index (χ0) is 21.7. The van der Waals surface area contributed by atoms with Gasteiger partial charge in [-0.15, -0.1) is 0 Å². The molecule has 0 saturated carbocycles. The number of benzene rings is 3. The number of nitro groups is 2. The molecule has 0 unspecified atom stereocenters. The molecule has 0 radical (unpaired) electrons. The second kappa shape index (κ2) is 9.01. The maximum absolute atomic E-state index is 12.4. The van der Waals surface area contributed by atoms with Crippen molar-refractivity contribution in [1.29, 1.82) is 0 Å². The fourth-order valence-corrected chi connectivity index (χ4v) is 2.82. The van der Waals surface area contributed by atoms with E-state index in [1.165, 1.54) is 0 Å². The Labute approximate surface area is 175 Å². The van der Waals surface area contributed by atoms with Crippen molar-refractivity contribution < 1.29 is 19.4 Å². The number of anilines is 1. The Hall–Kier alpha value is -3.98. The SMILES string of the molecule is O=C(Nc1ccc(OCc2ccccc2)cc1)c1cc([N+](=O)[O-])c(Cl)c([N+](=O)[O-])c1.